The molecular weight excluding hydrogens is 186 g/mol. The molecule has 0 bridgehead atoms. The fraction of sp³-hybridized carbons (Fsp3) is 0.923. The first-order valence-electron chi connectivity index (χ1n) is 6.22. The summed E-state index contributed by atoms with van der Waals surface area (Å²) in [6.45, 7) is 7.03. The summed E-state index contributed by atoms with van der Waals surface area (Å²) in [5.74, 6) is 1.08. The zero-order valence-electron chi connectivity index (χ0n) is 10.2. The number of amides is 1. The van der Waals surface area contributed by atoms with E-state index in [2.05, 4.69) is 26.1 Å². The summed E-state index contributed by atoms with van der Waals surface area (Å²) >= 11 is 0. The van der Waals surface area contributed by atoms with E-state index in [9.17, 15) is 4.79 Å². The Balaban J connectivity index is 1.96. The normalized spacial score (nSPS) is 37.0. The Kier molecular flexibility index (Phi) is 2.56. The standard InChI is InChI=1S/C13H23NO/c1-12(2,3)10-5-4-7-13(8-6-10)9-11(15)14-13/h10H,4-9H2,1-3H3,(H,14,15). The summed E-state index contributed by atoms with van der Waals surface area (Å²) < 4.78 is 0. The van der Waals surface area contributed by atoms with Gasteiger partial charge in [0.1, 0.15) is 0 Å². The van der Waals surface area contributed by atoms with Gasteiger partial charge in [-0.1, -0.05) is 27.2 Å². The van der Waals surface area contributed by atoms with Crippen molar-refractivity contribution in [2.45, 2.75) is 64.8 Å². The minimum atomic E-state index is 0.205. The van der Waals surface area contributed by atoms with Crippen LogP contribution in [-0.4, -0.2) is 11.4 Å². The van der Waals surface area contributed by atoms with Gasteiger partial charge in [0.25, 0.3) is 0 Å². The molecule has 2 unspecified atom stereocenters. The maximum atomic E-state index is 11.1. The van der Waals surface area contributed by atoms with Crippen LogP contribution in [0.25, 0.3) is 0 Å². The van der Waals surface area contributed by atoms with Crippen LogP contribution in [0, 0.1) is 11.3 Å². The lowest BCUT2D eigenvalue weighted by Crippen LogP contribution is -2.60. The van der Waals surface area contributed by atoms with Gasteiger partial charge in [-0.05, 0) is 37.0 Å². The van der Waals surface area contributed by atoms with Crippen molar-refractivity contribution in [3.8, 4) is 0 Å². The third-order valence-electron chi connectivity index (χ3n) is 4.31. The molecule has 0 aromatic carbocycles. The van der Waals surface area contributed by atoms with E-state index in [0.29, 0.717) is 5.41 Å². The largest absolute Gasteiger partial charge is 0.350 e. The van der Waals surface area contributed by atoms with E-state index in [0.717, 1.165) is 12.3 Å². The lowest BCUT2D eigenvalue weighted by atomic mass is 9.75. The van der Waals surface area contributed by atoms with Crippen LogP contribution < -0.4 is 5.32 Å². The van der Waals surface area contributed by atoms with Crippen LogP contribution in [-0.2, 0) is 4.79 Å². The Morgan fingerprint density at radius 1 is 1.27 bits per heavy atom. The van der Waals surface area contributed by atoms with Gasteiger partial charge in [0, 0.05) is 12.0 Å². The van der Waals surface area contributed by atoms with E-state index in [1.807, 2.05) is 0 Å². The Bertz CT molecular complexity index is 256. The first kappa shape index (κ1) is 11.0. The minimum absolute atomic E-state index is 0.205. The van der Waals surface area contributed by atoms with Crippen LogP contribution in [0.2, 0.25) is 0 Å². The third kappa shape index (κ3) is 2.19. The molecule has 2 fully saturated rings. The van der Waals surface area contributed by atoms with E-state index in [1.54, 1.807) is 0 Å². The topological polar surface area (TPSA) is 29.1 Å². The predicted octanol–water partition coefficient (Wildman–Crippen LogP) is 2.87. The van der Waals surface area contributed by atoms with Crippen molar-refractivity contribution >= 4 is 5.91 Å². The van der Waals surface area contributed by atoms with Crippen LogP contribution in [0.15, 0.2) is 0 Å². The van der Waals surface area contributed by atoms with Crippen molar-refractivity contribution < 1.29 is 4.79 Å². The molecule has 1 spiro atoms. The van der Waals surface area contributed by atoms with Crippen LogP contribution in [0.5, 0.6) is 0 Å². The van der Waals surface area contributed by atoms with Gasteiger partial charge in [0.2, 0.25) is 5.91 Å². The molecule has 86 valence electrons. The van der Waals surface area contributed by atoms with Crippen molar-refractivity contribution in [1.29, 1.82) is 0 Å². The average Bonchev–Trinajstić information content (AvgIpc) is 2.25. The summed E-state index contributed by atoms with van der Waals surface area (Å²) in [7, 11) is 0. The fourth-order valence-corrected chi connectivity index (χ4v) is 3.16. The highest BCUT2D eigenvalue weighted by Crippen LogP contribution is 2.42. The molecule has 1 aliphatic carbocycles. The summed E-state index contributed by atoms with van der Waals surface area (Å²) in [5.41, 5.74) is 0.635. The summed E-state index contributed by atoms with van der Waals surface area (Å²) in [6, 6.07) is 0. The smallest absolute Gasteiger partial charge is 0.222 e. The molecule has 1 N–H and O–H groups in total. The highest BCUT2D eigenvalue weighted by molar-refractivity contribution is 5.84. The lowest BCUT2D eigenvalue weighted by Gasteiger charge is -2.42. The Labute approximate surface area is 92.8 Å². The quantitative estimate of drug-likeness (QED) is 0.611. The molecule has 1 amide bonds. The number of carbonyl (C=O) groups is 1. The second-order valence-electron chi connectivity index (χ2n) is 6.50. The highest BCUT2D eigenvalue weighted by Gasteiger charge is 2.44. The molecule has 0 aromatic heterocycles. The van der Waals surface area contributed by atoms with Crippen molar-refractivity contribution in [2.24, 2.45) is 11.3 Å². The van der Waals surface area contributed by atoms with Crippen molar-refractivity contribution in [1.82, 2.24) is 5.32 Å². The number of carbonyl (C=O) groups excluding carboxylic acids is 1. The van der Waals surface area contributed by atoms with E-state index >= 15 is 0 Å². The molecule has 2 aliphatic rings. The number of rotatable bonds is 0. The Morgan fingerprint density at radius 2 is 1.93 bits per heavy atom. The molecule has 1 saturated heterocycles. The van der Waals surface area contributed by atoms with E-state index in [4.69, 9.17) is 0 Å². The van der Waals surface area contributed by atoms with Crippen molar-refractivity contribution in [2.75, 3.05) is 0 Å². The van der Waals surface area contributed by atoms with Crippen molar-refractivity contribution in [3.05, 3.63) is 0 Å². The predicted molar refractivity (Wildman–Crippen MR) is 61.5 cm³/mol. The number of nitrogens with one attached hydrogen (secondary N) is 1. The molecule has 1 saturated carbocycles. The van der Waals surface area contributed by atoms with E-state index in [1.165, 1.54) is 32.1 Å². The van der Waals surface area contributed by atoms with Crippen LogP contribution in [0.4, 0.5) is 0 Å². The summed E-state index contributed by atoms with van der Waals surface area (Å²) in [4.78, 5) is 11.1. The maximum Gasteiger partial charge on any atom is 0.222 e. The SMILES string of the molecule is CC(C)(C)C1CCCC2(CC1)CC(=O)N2. The number of β-lactam (4-membered cyclic amide) rings is 1. The molecule has 2 atom stereocenters. The van der Waals surface area contributed by atoms with Gasteiger partial charge in [0.05, 0.1) is 0 Å². The third-order valence-corrected chi connectivity index (χ3v) is 4.31. The van der Waals surface area contributed by atoms with Gasteiger partial charge in [-0.3, -0.25) is 4.79 Å². The van der Waals surface area contributed by atoms with Gasteiger partial charge in [0.15, 0.2) is 0 Å². The first-order chi connectivity index (χ1) is 6.91. The Hall–Kier alpha value is -0.530. The number of hydrogen-bond acceptors (Lipinski definition) is 1. The second-order valence-corrected chi connectivity index (χ2v) is 6.50. The van der Waals surface area contributed by atoms with E-state index < -0.39 is 0 Å². The molecule has 15 heavy (non-hydrogen) atoms. The molecule has 0 radical (unpaired) electrons. The van der Waals surface area contributed by atoms with Crippen molar-refractivity contribution in [3.63, 3.8) is 0 Å². The summed E-state index contributed by atoms with van der Waals surface area (Å²) in [5, 5.41) is 3.13. The van der Waals surface area contributed by atoms with Gasteiger partial charge in [-0.2, -0.15) is 0 Å². The molecule has 2 heteroatoms. The zero-order valence-corrected chi connectivity index (χ0v) is 10.2. The first-order valence-corrected chi connectivity index (χ1v) is 6.22. The second kappa shape index (κ2) is 3.50. The molecule has 1 heterocycles. The lowest BCUT2D eigenvalue weighted by molar-refractivity contribution is -0.133. The molecular formula is C13H23NO. The summed E-state index contributed by atoms with van der Waals surface area (Å²) in [6.07, 6.45) is 7.07. The van der Waals surface area contributed by atoms with Gasteiger partial charge >= 0.3 is 0 Å². The fourth-order valence-electron chi connectivity index (χ4n) is 3.16. The molecule has 0 aromatic rings. The van der Waals surface area contributed by atoms with E-state index in [-0.39, 0.29) is 11.4 Å². The number of hydrogen-bond donors (Lipinski definition) is 1. The van der Waals surface area contributed by atoms with Gasteiger partial charge < -0.3 is 5.32 Å². The maximum absolute atomic E-state index is 11.1. The van der Waals surface area contributed by atoms with Gasteiger partial charge in [-0.25, -0.2) is 0 Å². The van der Waals surface area contributed by atoms with Crippen LogP contribution in [0.3, 0.4) is 0 Å². The zero-order chi connectivity index (χ0) is 11.1. The van der Waals surface area contributed by atoms with Crippen LogP contribution >= 0.6 is 0 Å². The minimum Gasteiger partial charge on any atom is -0.350 e. The monoisotopic (exact) mass is 209 g/mol. The van der Waals surface area contributed by atoms with Gasteiger partial charge in [-0.15, -0.1) is 0 Å². The van der Waals surface area contributed by atoms with Crippen LogP contribution in [0.1, 0.15) is 59.3 Å². The highest BCUT2D eigenvalue weighted by atomic mass is 16.2. The average molecular weight is 209 g/mol. The Morgan fingerprint density at radius 3 is 2.47 bits per heavy atom. The molecule has 2 rings (SSSR count). The molecule has 1 aliphatic heterocycles. The molecule has 2 nitrogen and oxygen atoms in total.